The van der Waals surface area contributed by atoms with Crippen LogP contribution in [0.1, 0.15) is 24.8 Å². The molecule has 1 unspecified atom stereocenters. The number of hydrogen-bond acceptors (Lipinski definition) is 3. The highest BCUT2D eigenvalue weighted by Gasteiger charge is 2.33. The van der Waals surface area contributed by atoms with Gasteiger partial charge in [-0.05, 0) is 36.5 Å². The molecule has 1 aliphatic rings. The first-order valence-electron chi connectivity index (χ1n) is 8.57. The predicted molar refractivity (Wildman–Crippen MR) is 97.9 cm³/mol. The van der Waals surface area contributed by atoms with E-state index in [1.54, 1.807) is 41.4 Å². The van der Waals surface area contributed by atoms with E-state index >= 15 is 0 Å². The lowest BCUT2D eigenvalue weighted by molar-refractivity contribution is -0.121. The summed E-state index contributed by atoms with van der Waals surface area (Å²) < 4.78 is 14.6. The second-order valence-electron chi connectivity index (χ2n) is 6.62. The minimum atomic E-state index is -0.559. The summed E-state index contributed by atoms with van der Waals surface area (Å²) >= 11 is 5.86. The Morgan fingerprint density at radius 2 is 2.15 bits per heavy atom. The largest absolute Gasteiger partial charge is 0.391 e. The molecule has 138 valence electrons. The molecular weight excluding hydrogens is 357 g/mol. The number of aromatic nitrogens is 2. The molecule has 1 saturated carbocycles. The van der Waals surface area contributed by atoms with Gasteiger partial charge in [-0.15, -0.1) is 0 Å². The molecule has 2 N–H and O–H groups in total. The predicted octanol–water partition coefficient (Wildman–Crippen LogP) is 3.03. The molecule has 1 heterocycles. The number of benzene rings is 1. The van der Waals surface area contributed by atoms with E-state index in [0.717, 1.165) is 5.56 Å². The molecule has 26 heavy (non-hydrogen) atoms. The topological polar surface area (TPSA) is 67.2 Å². The third kappa shape index (κ3) is 5.16. The Morgan fingerprint density at radius 1 is 1.38 bits per heavy atom. The van der Waals surface area contributed by atoms with Gasteiger partial charge in [0.25, 0.3) is 0 Å². The second kappa shape index (κ2) is 8.47. The Hall–Kier alpha value is -2.18. The first-order valence-corrected chi connectivity index (χ1v) is 8.95. The zero-order valence-electron chi connectivity index (χ0n) is 14.2. The Kier molecular flexibility index (Phi) is 6.06. The number of amides is 1. The van der Waals surface area contributed by atoms with Crippen molar-refractivity contribution in [2.45, 2.75) is 38.0 Å². The van der Waals surface area contributed by atoms with Gasteiger partial charge in [0.15, 0.2) is 0 Å². The van der Waals surface area contributed by atoms with Crippen molar-refractivity contribution in [2.75, 3.05) is 0 Å². The van der Waals surface area contributed by atoms with Crippen molar-refractivity contribution < 1.29 is 14.3 Å². The fraction of sp³-hybridized carbons (Fsp3) is 0.368. The van der Waals surface area contributed by atoms with Crippen molar-refractivity contribution in [2.24, 2.45) is 5.92 Å². The molecule has 1 fully saturated rings. The van der Waals surface area contributed by atoms with Gasteiger partial charge in [0.2, 0.25) is 5.91 Å². The number of carbonyl (C=O) groups excluding carboxylic acids is 1. The molecule has 3 rings (SSSR count). The fourth-order valence-corrected chi connectivity index (χ4v) is 3.42. The summed E-state index contributed by atoms with van der Waals surface area (Å²) in [6.07, 6.45) is 7.80. The molecule has 0 bridgehead atoms. The quantitative estimate of drug-likeness (QED) is 0.813. The molecular formula is C19H21ClFN3O2. The number of halogens is 2. The van der Waals surface area contributed by atoms with Crippen LogP contribution < -0.4 is 5.32 Å². The van der Waals surface area contributed by atoms with E-state index in [1.165, 1.54) is 12.1 Å². The lowest BCUT2D eigenvalue weighted by Crippen LogP contribution is -2.39. The standard InChI is InChI=1S/C19H21ClFN3O2/c20-15-10-22-24(12-15)11-14-8-17(18(25)9-14)23-19(26)3-1-2-13-4-6-16(21)7-5-13/h1-2,4-7,10,12,14,17-18,25H,3,8-9,11H2,(H,23,26)/b2-1+/t14?,17-,18-/m1/s1. The zero-order chi connectivity index (χ0) is 18.5. The number of aliphatic hydroxyl groups is 1. The molecule has 5 nitrogen and oxygen atoms in total. The molecule has 3 atom stereocenters. The van der Waals surface area contributed by atoms with Crippen LogP contribution in [0.4, 0.5) is 4.39 Å². The van der Waals surface area contributed by atoms with Gasteiger partial charge < -0.3 is 10.4 Å². The molecule has 7 heteroatoms. The van der Waals surface area contributed by atoms with Gasteiger partial charge in [0, 0.05) is 19.2 Å². The second-order valence-corrected chi connectivity index (χ2v) is 7.05. The monoisotopic (exact) mass is 377 g/mol. The van der Waals surface area contributed by atoms with Crippen LogP contribution in [-0.2, 0) is 11.3 Å². The zero-order valence-corrected chi connectivity index (χ0v) is 14.9. The minimum Gasteiger partial charge on any atom is -0.391 e. The Bertz CT molecular complexity index is 775. The van der Waals surface area contributed by atoms with Gasteiger partial charge in [-0.2, -0.15) is 5.10 Å². The number of nitrogens with zero attached hydrogens (tertiary/aromatic N) is 2. The summed E-state index contributed by atoms with van der Waals surface area (Å²) in [6.45, 7) is 0.667. The van der Waals surface area contributed by atoms with E-state index in [2.05, 4.69) is 10.4 Å². The lowest BCUT2D eigenvalue weighted by atomic mass is 10.1. The van der Waals surface area contributed by atoms with E-state index in [4.69, 9.17) is 11.6 Å². The maximum atomic E-state index is 12.8. The van der Waals surface area contributed by atoms with E-state index in [9.17, 15) is 14.3 Å². The summed E-state index contributed by atoms with van der Waals surface area (Å²) in [6, 6.07) is 5.80. The van der Waals surface area contributed by atoms with Crippen LogP contribution in [0.2, 0.25) is 5.02 Å². The summed E-state index contributed by atoms with van der Waals surface area (Å²) in [7, 11) is 0. The number of aliphatic hydroxyl groups excluding tert-OH is 1. The molecule has 0 spiro atoms. The van der Waals surface area contributed by atoms with E-state index < -0.39 is 6.10 Å². The Morgan fingerprint density at radius 3 is 2.85 bits per heavy atom. The smallest absolute Gasteiger partial charge is 0.224 e. The van der Waals surface area contributed by atoms with Gasteiger partial charge >= 0.3 is 0 Å². The number of nitrogens with one attached hydrogen (secondary N) is 1. The van der Waals surface area contributed by atoms with Gasteiger partial charge in [0.1, 0.15) is 5.82 Å². The van der Waals surface area contributed by atoms with Gasteiger partial charge in [-0.25, -0.2) is 4.39 Å². The first kappa shape index (κ1) is 18.6. The Balaban J connectivity index is 1.45. The molecule has 2 aromatic rings. The SMILES string of the molecule is O=C(C/C=C/c1ccc(F)cc1)N[C@@H]1CC(Cn2cc(Cl)cn2)C[C@H]1O. The average molecular weight is 378 g/mol. The molecule has 0 saturated heterocycles. The molecule has 1 aromatic carbocycles. The van der Waals surface area contributed by atoms with Crippen molar-refractivity contribution >= 4 is 23.6 Å². The summed E-state index contributed by atoms with van der Waals surface area (Å²) in [5.41, 5.74) is 0.832. The van der Waals surface area contributed by atoms with Crippen LogP contribution in [0.15, 0.2) is 42.7 Å². The molecule has 0 radical (unpaired) electrons. The van der Waals surface area contributed by atoms with Crippen molar-refractivity contribution in [3.05, 3.63) is 59.1 Å². The van der Waals surface area contributed by atoms with Gasteiger partial charge in [0.05, 0.1) is 23.4 Å². The van der Waals surface area contributed by atoms with Gasteiger partial charge in [-0.3, -0.25) is 9.48 Å². The van der Waals surface area contributed by atoms with E-state index in [1.807, 2.05) is 0 Å². The van der Waals surface area contributed by atoms with Crippen molar-refractivity contribution in [1.82, 2.24) is 15.1 Å². The summed E-state index contributed by atoms with van der Waals surface area (Å²) in [5, 5.41) is 17.8. The molecule has 1 aromatic heterocycles. The van der Waals surface area contributed by atoms with Crippen LogP contribution in [0, 0.1) is 11.7 Å². The third-order valence-corrected chi connectivity index (χ3v) is 4.70. The first-order chi connectivity index (χ1) is 12.5. The normalized spacial score (nSPS) is 22.8. The molecule has 1 amide bonds. The van der Waals surface area contributed by atoms with Crippen LogP contribution in [0.25, 0.3) is 6.08 Å². The Labute approximate surface area is 156 Å². The summed E-state index contributed by atoms with van der Waals surface area (Å²) in [5.74, 6) is -0.196. The highest BCUT2D eigenvalue weighted by molar-refractivity contribution is 6.30. The fourth-order valence-electron chi connectivity index (χ4n) is 3.27. The number of hydrogen-bond donors (Lipinski definition) is 2. The highest BCUT2D eigenvalue weighted by Crippen LogP contribution is 2.27. The average Bonchev–Trinajstić information content (AvgIpc) is 3.15. The van der Waals surface area contributed by atoms with Crippen molar-refractivity contribution in [3.63, 3.8) is 0 Å². The van der Waals surface area contributed by atoms with Crippen LogP contribution in [-0.4, -0.2) is 32.9 Å². The number of carbonyl (C=O) groups is 1. The van der Waals surface area contributed by atoms with E-state index in [-0.39, 0.29) is 30.1 Å². The summed E-state index contributed by atoms with van der Waals surface area (Å²) in [4.78, 5) is 12.1. The highest BCUT2D eigenvalue weighted by atomic mass is 35.5. The van der Waals surface area contributed by atoms with Crippen LogP contribution in [0.3, 0.4) is 0 Å². The maximum Gasteiger partial charge on any atom is 0.224 e. The maximum absolute atomic E-state index is 12.8. The third-order valence-electron chi connectivity index (χ3n) is 4.50. The molecule has 1 aliphatic carbocycles. The van der Waals surface area contributed by atoms with Crippen molar-refractivity contribution in [3.8, 4) is 0 Å². The lowest BCUT2D eigenvalue weighted by Gasteiger charge is -2.15. The van der Waals surface area contributed by atoms with Gasteiger partial charge in [-0.1, -0.05) is 35.9 Å². The number of rotatable bonds is 6. The van der Waals surface area contributed by atoms with Crippen LogP contribution in [0.5, 0.6) is 0 Å². The van der Waals surface area contributed by atoms with E-state index in [0.29, 0.717) is 24.4 Å². The van der Waals surface area contributed by atoms with Crippen molar-refractivity contribution in [1.29, 1.82) is 0 Å². The minimum absolute atomic E-state index is 0.143. The van der Waals surface area contributed by atoms with Crippen LogP contribution >= 0.6 is 11.6 Å². The molecule has 0 aliphatic heterocycles.